The first kappa shape index (κ1) is 21.0. The van der Waals surface area contributed by atoms with E-state index in [-0.39, 0.29) is 46.7 Å². The SMILES string of the molecule is CC(C)(C)NC(=O)CN1C[C@@H]2C[C@H]1CN2CC(=O)Nc1cc(F)c(F)c(Cl)c1. The van der Waals surface area contributed by atoms with Gasteiger partial charge in [-0.2, -0.15) is 0 Å². The highest BCUT2D eigenvalue weighted by Crippen LogP contribution is 2.30. The molecule has 0 unspecified atom stereocenters. The Hall–Kier alpha value is -1.77. The van der Waals surface area contributed by atoms with Gasteiger partial charge in [0.25, 0.3) is 0 Å². The van der Waals surface area contributed by atoms with Crippen LogP contribution in [-0.2, 0) is 9.59 Å². The van der Waals surface area contributed by atoms with Gasteiger partial charge in [0.1, 0.15) is 0 Å². The zero-order chi connectivity index (χ0) is 20.6. The molecule has 6 nitrogen and oxygen atoms in total. The standard InChI is InChI=1S/C19H25ClF2N4O2/c1-19(2,3)24-17(28)10-26-8-12-6-13(26)7-25(12)9-16(27)23-11-4-14(20)18(22)15(21)5-11/h4-5,12-13H,6-10H2,1-3H3,(H,23,27)(H,24,28)/t12-,13-/m0/s1. The molecule has 2 amide bonds. The van der Waals surface area contributed by atoms with Gasteiger partial charge < -0.3 is 10.6 Å². The number of likely N-dealkylation sites (tertiary alicyclic amines) is 2. The van der Waals surface area contributed by atoms with Crippen LogP contribution in [0.5, 0.6) is 0 Å². The number of nitrogens with one attached hydrogen (secondary N) is 2. The number of hydrogen-bond donors (Lipinski definition) is 2. The molecule has 1 aromatic carbocycles. The third-order valence-electron chi connectivity index (χ3n) is 4.94. The highest BCUT2D eigenvalue weighted by molar-refractivity contribution is 6.31. The second-order valence-electron chi connectivity index (χ2n) is 8.50. The minimum atomic E-state index is -1.13. The fraction of sp³-hybridized carbons (Fsp3) is 0.579. The average Bonchev–Trinajstić information content (AvgIpc) is 3.10. The van der Waals surface area contributed by atoms with Crippen LogP contribution in [0, 0.1) is 11.6 Å². The van der Waals surface area contributed by atoms with Crippen LogP contribution in [-0.4, -0.2) is 65.4 Å². The van der Waals surface area contributed by atoms with Gasteiger partial charge in [0, 0.05) is 42.5 Å². The fourth-order valence-electron chi connectivity index (χ4n) is 3.87. The van der Waals surface area contributed by atoms with Gasteiger partial charge in [-0.1, -0.05) is 11.6 Å². The molecule has 2 fully saturated rings. The van der Waals surface area contributed by atoms with E-state index in [1.165, 1.54) is 6.07 Å². The number of hydrogen-bond acceptors (Lipinski definition) is 4. The van der Waals surface area contributed by atoms with Crippen LogP contribution < -0.4 is 10.6 Å². The van der Waals surface area contributed by atoms with Gasteiger partial charge in [0.15, 0.2) is 11.6 Å². The molecule has 1 aromatic rings. The van der Waals surface area contributed by atoms with Crippen molar-refractivity contribution in [3.63, 3.8) is 0 Å². The van der Waals surface area contributed by atoms with Gasteiger partial charge >= 0.3 is 0 Å². The van der Waals surface area contributed by atoms with E-state index in [4.69, 9.17) is 11.6 Å². The summed E-state index contributed by atoms with van der Waals surface area (Å²) in [7, 11) is 0. The molecule has 9 heteroatoms. The molecule has 154 valence electrons. The van der Waals surface area contributed by atoms with Crippen molar-refractivity contribution in [2.75, 3.05) is 31.5 Å². The molecule has 2 aliphatic heterocycles. The van der Waals surface area contributed by atoms with Crippen LogP contribution in [0.15, 0.2) is 12.1 Å². The van der Waals surface area contributed by atoms with E-state index >= 15 is 0 Å². The van der Waals surface area contributed by atoms with Crippen molar-refractivity contribution in [2.24, 2.45) is 0 Å². The van der Waals surface area contributed by atoms with Gasteiger partial charge in [0.05, 0.1) is 18.1 Å². The number of benzene rings is 1. The Balaban J connectivity index is 1.49. The summed E-state index contributed by atoms with van der Waals surface area (Å²) in [5, 5.41) is 5.14. The Morgan fingerprint density at radius 1 is 1.11 bits per heavy atom. The van der Waals surface area contributed by atoms with Gasteiger partial charge in [-0.05, 0) is 33.3 Å². The van der Waals surface area contributed by atoms with Crippen LogP contribution in [0.25, 0.3) is 0 Å². The predicted molar refractivity (Wildman–Crippen MR) is 103 cm³/mol. The monoisotopic (exact) mass is 414 g/mol. The van der Waals surface area contributed by atoms with Crippen LogP contribution in [0.1, 0.15) is 27.2 Å². The third-order valence-corrected chi connectivity index (χ3v) is 5.22. The number of rotatable bonds is 5. The number of anilines is 1. The summed E-state index contributed by atoms with van der Waals surface area (Å²) < 4.78 is 26.6. The molecule has 0 aliphatic carbocycles. The highest BCUT2D eigenvalue weighted by Gasteiger charge is 2.44. The number of piperazine rings is 1. The van der Waals surface area contributed by atoms with Crippen molar-refractivity contribution in [2.45, 2.75) is 44.8 Å². The second kappa shape index (κ2) is 7.93. The first-order valence-electron chi connectivity index (χ1n) is 9.25. The van der Waals surface area contributed by atoms with Crippen molar-refractivity contribution in [3.8, 4) is 0 Å². The minimum absolute atomic E-state index is 0.000409. The number of carbonyl (C=O) groups is 2. The van der Waals surface area contributed by atoms with E-state index in [9.17, 15) is 18.4 Å². The highest BCUT2D eigenvalue weighted by atomic mass is 35.5. The van der Waals surface area contributed by atoms with Gasteiger partial charge in [-0.3, -0.25) is 19.4 Å². The van der Waals surface area contributed by atoms with E-state index < -0.39 is 11.6 Å². The van der Waals surface area contributed by atoms with Gasteiger partial charge in [-0.25, -0.2) is 8.78 Å². The summed E-state index contributed by atoms with van der Waals surface area (Å²) in [6, 6.07) is 2.53. The molecule has 0 saturated carbocycles. The van der Waals surface area contributed by atoms with E-state index in [0.29, 0.717) is 13.1 Å². The van der Waals surface area contributed by atoms with E-state index in [1.807, 2.05) is 20.8 Å². The first-order chi connectivity index (χ1) is 13.0. The molecule has 2 heterocycles. The summed E-state index contributed by atoms with van der Waals surface area (Å²) >= 11 is 5.61. The molecule has 2 bridgehead atoms. The second-order valence-corrected chi connectivity index (χ2v) is 8.91. The van der Waals surface area contributed by atoms with E-state index in [2.05, 4.69) is 20.4 Å². The molecule has 28 heavy (non-hydrogen) atoms. The number of nitrogens with zero attached hydrogens (tertiary/aromatic N) is 2. The lowest BCUT2D eigenvalue weighted by molar-refractivity contribution is -0.124. The maximum atomic E-state index is 13.4. The Kier molecular flexibility index (Phi) is 5.93. The molecule has 2 aliphatic rings. The van der Waals surface area contributed by atoms with Crippen LogP contribution in [0.3, 0.4) is 0 Å². The Morgan fingerprint density at radius 2 is 1.68 bits per heavy atom. The van der Waals surface area contributed by atoms with Crippen LogP contribution >= 0.6 is 11.6 Å². The van der Waals surface area contributed by atoms with E-state index in [0.717, 1.165) is 19.0 Å². The smallest absolute Gasteiger partial charge is 0.238 e. The lowest BCUT2D eigenvalue weighted by Gasteiger charge is -2.34. The quantitative estimate of drug-likeness (QED) is 0.725. The van der Waals surface area contributed by atoms with Crippen molar-refractivity contribution < 1.29 is 18.4 Å². The van der Waals surface area contributed by atoms with Crippen LogP contribution in [0.2, 0.25) is 5.02 Å². The van der Waals surface area contributed by atoms with Crippen molar-refractivity contribution in [1.29, 1.82) is 0 Å². The molecule has 0 spiro atoms. The molecule has 0 aromatic heterocycles. The zero-order valence-electron chi connectivity index (χ0n) is 16.2. The fourth-order valence-corrected chi connectivity index (χ4v) is 4.08. The van der Waals surface area contributed by atoms with Crippen molar-refractivity contribution in [3.05, 3.63) is 28.8 Å². The largest absolute Gasteiger partial charge is 0.350 e. The van der Waals surface area contributed by atoms with E-state index in [1.54, 1.807) is 0 Å². The minimum Gasteiger partial charge on any atom is -0.350 e. The molecule has 2 atom stereocenters. The summed E-state index contributed by atoms with van der Waals surface area (Å²) in [5.74, 6) is -2.55. The Bertz CT molecular complexity index is 761. The topological polar surface area (TPSA) is 64.7 Å². The van der Waals surface area contributed by atoms with Crippen molar-refractivity contribution >= 4 is 29.1 Å². The molecular weight excluding hydrogens is 390 g/mol. The third kappa shape index (κ3) is 4.98. The summed E-state index contributed by atoms with van der Waals surface area (Å²) in [4.78, 5) is 28.6. The average molecular weight is 415 g/mol. The Labute approximate surface area is 168 Å². The zero-order valence-corrected chi connectivity index (χ0v) is 16.9. The maximum absolute atomic E-state index is 13.4. The number of fused-ring (bicyclic) bond motifs is 2. The summed E-state index contributed by atoms with van der Waals surface area (Å²) in [5.41, 5.74) is -0.137. The summed E-state index contributed by atoms with van der Waals surface area (Å²) in [6.07, 6.45) is 0.910. The lowest BCUT2D eigenvalue weighted by Crippen LogP contribution is -2.52. The van der Waals surface area contributed by atoms with Gasteiger partial charge in [0.2, 0.25) is 11.8 Å². The number of amides is 2. The van der Waals surface area contributed by atoms with Crippen molar-refractivity contribution in [1.82, 2.24) is 15.1 Å². The molecule has 2 N–H and O–H groups in total. The number of carbonyl (C=O) groups excluding carboxylic acids is 2. The molecular formula is C19H25ClF2N4O2. The first-order valence-corrected chi connectivity index (χ1v) is 9.63. The lowest BCUT2D eigenvalue weighted by atomic mass is 10.1. The predicted octanol–water partition coefficient (Wildman–Crippen LogP) is 2.23. The number of halogens is 3. The normalized spacial score (nSPS) is 22.5. The molecule has 3 rings (SSSR count). The van der Waals surface area contributed by atoms with Gasteiger partial charge in [-0.15, -0.1) is 0 Å². The molecule has 0 radical (unpaired) electrons. The Morgan fingerprint density at radius 3 is 2.18 bits per heavy atom. The van der Waals surface area contributed by atoms with Crippen LogP contribution in [0.4, 0.5) is 14.5 Å². The maximum Gasteiger partial charge on any atom is 0.238 e. The molecule has 2 saturated heterocycles. The summed E-state index contributed by atoms with van der Waals surface area (Å²) in [6.45, 7) is 7.77.